The standard InChI is InChI=1S/C22H18FNO4/c1-27-21(25)19-18(24-22(26)28-14-15-8-4-2-5-9-15)13-12-17(20(19)23)16-10-6-3-7-11-16/h2-13H,14H2,1H3,(H,24,26). The first-order valence-corrected chi connectivity index (χ1v) is 8.54. The van der Waals surface area contributed by atoms with Gasteiger partial charge in [-0.1, -0.05) is 60.7 Å². The molecule has 0 bridgehead atoms. The summed E-state index contributed by atoms with van der Waals surface area (Å²) in [6, 6.07) is 20.8. The summed E-state index contributed by atoms with van der Waals surface area (Å²) in [7, 11) is 1.15. The van der Waals surface area contributed by atoms with Crippen molar-refractivity contribution >= 4 is 17.7 Å². The van der Waals surface area contributed by atoms with Gasteiger partial charge in [0.2, 0.25) is 0 Å². The van der Waals surface area contributed by atoms with Gasteiger partial charge < -0.3 is 9.47 Å². The molecule has 0 saturated heterocycles. The van der Waals surface area contributed by atoms with E-state index in [4.69, 9.17) is 4.74 Å². The molecule has 0 aliphatic rings. The van der Waals surface area contributed by atoms with E-state index in [0.29, 0.717) is 5.56 Å². The summed E-state index contributed by atoms with van der Waals surface area (Å²) in [5.74, 6) is -1.67. The van der Waals surface area contributed by atoms with E-state index >= 15 is 4.39 Å². The molecule has 0 aliphatic heterocycles. The molecule has 3 rings (SSSR count). The smallest absolute Gasteiger partial charge is 0.411 e. The van der Waals surface area contributed by atoms with Gasteiger partial charge in [-0.15, -0.1) is 0 Å². The lowest BCUT2D eigenvalue weighted by atomic mass is 10.0. The molecule has 0 aliphatic carbocycles. The molecule has 0 spiro atoms. The minimum Gasteiger partial charge on any atom is -0.465 e. The summed E-state index contributed by atoms with van der Waals surface area (Å²) < 4.78 is 24.9. The van der Waals surface area contributed by atoms with E-state index in [1.54, 1.807) is 30.3 Å². The predicted molar refractivity (Wildman–Crippen MR) is 103 cm³/mol. The molecule has 0 fully saturated rings. The fourth-order valence-corrected chi connectivity index (χ4v) is 2.69. The van der Waals surface area contributed by atoms with Crippen LogP contribution in [0.4, 0.5) is 14.9 Å². The first-order chi connectivity index (χ1) is 13.6. The second-order valence-corrected chi connectivity index (χ2v) is 5.89. The highest BCUT2D eigenvalue weighted by Gasteiger charge is 2.23. The number of halogens is 1. The third kappa shape index (κ3) is 4.35. The molecule has 1 N–H and O–H groups in total. The summed E-state index contributed by atoms with van der Waals surface area (Å²) in [4.78, 5) is 24.3. The normalized spacial score (nSPS) is 10.2. The lowest BCUT2D eigenvalue weighted by Gasteiger charge is -2.14. The number of amides is 1. The topological polar surface area (TPSA) is 64.6 Å². The second kappa shape index (κ2) is 8.81. The Bertz CT molecular complexity index is 975. The first-order valence-electron chi connectivity index (χ1n) is 8.54. The molecular weight excluding hydrogens is 361 g/mol. The largest absolute Gasteiger partial charge is 0.465 e. The van der Waals surface area contributed by atoms with Crippen molar-refractivity contribution in [1.82, 2.24) is 0 Å². The monoisotopic (exact) mass is 379 g/mol. The van der Waals surface area contributed by atoms with Gasteiger partial charge in [-0.05, 0) is 23.3 Å². The molecule has 0 atom stereocenters. The van der Waals surface area contributed by atoms with Crippen LogP contribution in [0.2, 0.25) is 0 Å². The summed E-state index contributed by atoms with van der Waals surface area (Å²) in [6.07, 6.45) is -0.805. The third-order valence-electron chi connectivity index (χ3n) is 4.07. The average molecular weight is 379 g/mol. The van der Waals surface area contributed by atoms with Gasteiger partial charge in [0.25, 0.3) is 0 Å². The Morgan fingerprint density at radius 2 is 1.57 bits per heavy atom. The molecule has 0 unspecified atom stereocenters. The van der Waals surface area contributed by atoms with Crippen molar-refractivity contribution in [3.63, 3.8) is 0 Å². The van der Waals surface area contributed by atoms with Crippen molar-refractivity contribution in [2.75, 3.05) is 12.4 Å². The summed E-state index contributed by atoms with van der Waals surface area (Å²) in [5.41, 5.74) is 1.24. The van der Waals surface area contributed by atoms with Crippen LogP contribution in [0.3, 0.4) is 0 Å². The molecule has 3 aromatic rings. The Balaban J connectivity index is 1.85. The number of anilines is 1. The maximum absolute atomic E-state index is 15.1. The number of carbonyl (C=O) groups is 2. The average Bonchev–Trinajstić information content (AvgIpc) is 2.73. The maximum Gasteiger partial charge on any atom is 0.411 e. The Morgan fingerprint density at radius 1 is 0.929 bits per heavy atom. The molecule has 0 saturated carbocycles. The highest BCUT2D eigenvalue weighted by molar-refractivity contribution is 6.01. The lowest BCUT2D eigenvalue weighted by Crippen LogP contribution is -2.18. The van der Waals surface area contributed by atoms with Crippen molar-refractivity contribution < 1.29 is 23.5 Å². The zero-order valence-electron chi connectivity index (χ0n) is 15.1. The Kier molecular flexibility index (Phi) is 6.01. The van der Waals surface area contributed by atoms with Crippen molar-refractivity contribution in [2.24, 2.45) is 0 Å². The van der Waals surface area contributed by atoms with Gasteiger partial charge in [-0.25, -0.2) is 14.0 Å². The SMILES string of the molecule is COC(=O)c1c(NC(=O)OCc2ccccc2)ccc(-c2ccccc2)c1F. The third-order valence-corrected chi connectivity index (χ3v) is 4.07. The van der Waals surface area contributed by atoms with Crippen molar-refractivity contribution in [1.29, 1.82) is 0 Å². The minimum atomic E-state index is -0.895. The molecule has 0 aromatic heterocycles. The van der Waals surface area contributed by atoms with E-state index < -0.39 is 17.9 Å². The number of methoxy groups -OCH3 is 1. The van der Waals surface area contributed by atoms with Crippen LogP contribution in [0.5, 0.6) is 0 Å². The molecule has 142 valence electrons. The van der Waals surface area contributed by atoms with Gasteiger partial charge >= 0.3 is 12.1 Å². The van der Waals surface area contributed by atoms with E-state index in [2.05, 4.69) is 10.1 Å². The van der Waals surface area contributed by atoms with Crippen LogP contribution >= 0.6 is 0 Å². The van der Waals surface area contributed by atoms with Gasteiger partial charge in [0, 0.05) is 5.56 Å². The number of esters is 1. The number of benzene rings is 3. The van der Waals surface area contributed by atoms with Gasteiger partial charge in [0.15, 0.2) is 0 Å². The summed E-state index contributed by atoms with van der Waals surface area (Å²) in [5, 5.41) is 2.41. The lowest BCUT2D eigenvalue weighted by molar-refractivity contribution is 0.0597. The molecule has 3 aromatic carbocycles. The highest BCUT2D eigenvalue weighted by Crippen LogP contribution is 2.30. The molecule has 0 heterocycles. The summed E-state index contributed by atoms with van der Waals surface area (Å²) in [6.45, 7) is 0.0464. The van der Waals surface area contributed by atoms with Gasteiger partial charge in [0.1, 0.15) is 18.0 Å². The van der Waals surface area contributed by atoms with Crippen molar-refractivity contribution in [3.8, 4) is 11.1 Å². The fraction of sp³-hybridized carbons (Fsp3) is 0.0909. The van der Waals surface area contributed by atoms with Crippen LogP contribution in [0, 0.1) is 5.82 Å². The number of carbonyl (C=O) groups excluding carboxylic acids is 2. The Labute approximate surface area is 161 Å². The van der Waals surface area contributed by atoms with E-state index in [0.717, 1.165) is 12.7 Å². The first kappa shape index (κ1) is 19.1. The zero-order chi connectivity index (χ0) is 19.9. The van der Waals surface area contributed by atoms with Gasteiger partial charge in [-0.3, -0.25) is 5.32 Å². The van der Waals surface area contributed by atoms with E-state index in [9.17, 15) is 9.59 Å². The molecular formula is C22H18FNO4. The number of nitrogens with one attached hydrogen (secondary N) is 1. The number of rotatable bonds is 5. The van der Waals surface area contributed by atoms with Crippen molar-refractivity contribution in [2.45, 2.75) is 6.61 Å². The second-order valence-electron chi connectivity index (χ2n) is 5.89. The predicted octanol–water partition coefficient (Wildman–Crippen LogP) is 5.03. The van der Waals surface area contributed by atoms with Gasteiger partial charge in [-0.2, -0.15) is 0 Å². The Morgan fingerprint density at radius 3 is 2.21 bits per heavy atom. The maximum atomic E-state index is 15.1. The number of ether oxygens (including phenoxy) is 2. The van der Waals surface area contributed by atoms with Crippen molar-refractivity contribution in [3.05, 3.63) is 89.7 Å². The fourth-order valence-electron chi connectivity index (χ4n) is 2.69. The van der Waals surface area contributed by atoms with Crippen LogP contribution in [-0.2, 0) is 16.1 Å². The molecule has 0 radical (unpaired) electrons. The van der Waals surface area contributed by atoms with E-state index in [1.807, 2.05) is 30.3 Å². The van der Waals surface area contributed by atoms with Gasteiger partial charge in [0.05, 0.1) is 12.8 Å². The molecule has 28 heavy (non-hydrogen) atoms. The quantitative estimate of drug-likeness (QED) is 0.632. The van der Waals surface area contributed by atoms with Crippen LogP contribution in [0.15, 0.2) is 72.8 Å². The number of hydrogen-bond acceptors (Lipinski definition) is 4. The zero-order valence-corrected chi connectivity index (χ0v) is 15.1. The van der Waals surface area contributed by atoms with E-state index in [-0.39, 0.29) is 23.4 Å². The van der Waals surface area contributed by atoms with Crippen LogP contribution in [0.25, 0.3) is 11.1 Å². The number of hydrogen-bond donors (Lipinski definition) is 1. The van der Waals surface area contributed by atoms with Crippen LogP contribution in [0.1, 0.15) is 15.9 Å². The van der Waals surface area contributed by atoms with Crippen LogP contribution in [-0.4, -0.2) is 19.2 Å². The molecule has 6 heteroatoms. The van der Waals surface area contributed by atoms with E-state index in [1.165, 1.54) is 12.1 Å². The molecule has 1 amide bonds. The Hall–Kier alpha value is -3.67. The minimum absolute atomic E-state index is 0.0258. The van der Waals surface area contributed by atoms with Crippen LogP contribution < -0.4 is 5.32 Å². The highest BCUT2D eigenvalue weighted by atomic mass is 19.1. The molecule has 5 nitrogen and oxygen atoms in total. The summed E-state index contributed by atoms with van der Waals surface area (Å²) >= 11 is 0.